The van der Waals surface area contributed by atoms with Gasteiger partial charge in [-0.1, -0.05) is 0 Å². The van der Waals surface area contributed by atoms with Crippen LogP contribution in [0.4, 0.5) is 0 Å². The molecule has 53 valence electrons. The van der Waals surface area contributed by atoms with E-state index in [4.69, 9.17) is 0 Å². The largest absolute Gasteiger partial charge is 0.259 e. The van der Waals surface area contributed by atoms with Crippen molar-refractivity contribution in [2.75, 3.05) is 0 Å². The molecule has 1 heterocycles. The van der Waals surface area contributed by atoms with Crippen LogP contribution in [0.3, 0.4) is 0 Å². The maximum atomic E-state index is 10.5. The van der Waals surface area contributed by atoms with Crippen LogP contribution in [0.2, 0.25) is 0 Å². The van der Waals surface area contributed by atoms with Gasteiger partial charge >= 0.3 is 0 Å². The van der Waals surface area contributed by atoms with E-state index >= 15 is 0 Å². The second kappa shape index (κ2) is 3.60. The number of rotatable bonds is 1. The molecule has 0 amide bonds. The van der Waals surface area contributed by atoms with Crippen LogP contribution in [-0.2, 0) is 42.7 Å². The molecule has 10 heavy (non-hydrogen) atoms. The third kappa shape index (κ3) is 2.48. The molecule has 6 heteroatoms. The van der Waals surface area contributed by atoms with E-state index in [1.165, 1.54) is 18.7 Å². The van der Waals surface area contributed by atoms with E-state index in [-0.39, 0.29) is 32.7 Å². The van der Waals surface area contributed by atoms with Crippen molar-refractivity contribution in [3.63, 3.8) is 0 Å². The van der Waals surface area contributed by atoms with Crippen molar-refractivity contribution in [1.82, 2.24) is 8.96 Å². The minimum Gasteiger partial charge on any atom is -0.259 e. The van der Waals surface area contributed by atoms with Crippen molar-refractivity contribution in [2.24, 2.45) is 0 Å². The van der Waals surface area contributed by atoms with Crippen LogP contribution in [0.25, 0.3) is 0 Å². The molecule has 1 radical (unpaired) electrons. The topological polar surface area (TPSA) is 52.0 Å². The van der Waals surface area contributed by atoms with Gasteiger partial charge in [0, 0.05) is 45.1 Å². The van der Waals surface area contributed by atoms with Crippen molar-refractivity contribution in [2.45, 2.75) is 0 Å². The molecule has 0 aromatic carbocycles. The molecule has 0 fully saturated rings. The van der Waals surface area contributed by atoms with Gasteiger partial charge in [0.05, 0.1) is 0 Å². The Labute approximate surface area is 84.6 Å². The van der Waals surface area contributed by atoms with Crippen LogP contribution < -0.4 is 0 Å². The molecular weight excluding hydrogens is 229 g/mol. The van der Waals surface area contributed by atoms with Gasteiger partial charge in [0.2, 0.25) is 0 Å². The van der Waals surface area contributed by atoms with Crippen LogP contribution >= 0.6 is 0 Å². The van der Waals surface area contributed by atoms with Gasteiger partial charge in [0.25, 0.3) is 0 Å². The third-order valence-electron chi connectivity index (χ3n) is 0.801. The van der Waals surface area contributed by atoms with Crippen LogP contribution in [0.5, 0.6) is 0 Å². The first-order valence-corrected chi connectivity index (χ1v) is 3.78. The SMILES string of the molecule is [CH2-]S(=O)(=O)n1ccnc1.[Y]. The number of nitrogens with zero attached hydrogens (tertiary/aromatic N) is 2. The van der Waals surface area contributed by atoms with Crippen molar-refractivity contribution in [3.05, 3.63) is 25.0 Å². The number of hydrogen-bond donors (Lipinski definition) is 0. The monoisotopic (exact) mass is 234 g/mol. The maximum Gasteiger partial charge on any atom is 0.107 e. The second-order valence-electron chi connectivity index (χ2n) is 1.50. The van der Waals surface area contributed by atoms with Crippen LogP contribution in [0.15, 0.2) is 18.7 Å². The molecule has 0 saturated heterocycles. The summed E-state index contributed by atoms with van der Waals surface area (Å²) in [7, 11) is -3.36. The fraction of sp³-hybridized carbons (Fsp3) is 0. The van der Waals surface area contributed by atoms with Crippen molar-refractivity contribution in [1.29, 1.82) is 0 Å². The van der Waals surface area contributed by atoms with Gasteiger partial charge in [-0.15, -0.1) is 0 Å². The Morgan fingerprint density at radius 3 is 2.30 bits per heavy atom. The van der Waals surface area contributed by atoms with E-state index in [1.54, 1.807) is 0 Å². The minimum atomic E-state index is -3.36. The molecule has 0 saturated carbocycles. The zero-order valence-electron chi connectivity index (χ0n) is 5.14. The smallest absolute Gasteiger partial charge is 0.107 e. The van der Waals surface area contributed by atoms with Crippen molar-refractivity contribution < 1.29 is 41.1 Å². The van der Waals surface area contributed by atoms with E-state index in [2.05, 4.69) is 11.2 Å². The Balaban J connectivity index is 0.000000810. The minimum absolute atomic E-state index is 0. The Bertz CT molecular complexity index is 278. The average Bonchev–Trinajstić information content (AvgIpc) is 2.08. The van der Waals surface area contributed by atoms with Gasteiger partial charge < -0.3 is 0 Å². The van der Waals surface area contributed by atoms with E-state index < -0.39 is 10.0 Å². The van der Waals surface area contributed by atoms with Gasteiger partial charge in [0.1, 0.15) is 16.4 Å². The first-order valence-electron chi connectivity index (χ1n) is 2.17. The summed E-state index contributed by atoms with van der Waals surface area (Å²) in [5, 5.41) is 0. The summed E-state index contributed by atoms with van der Waals surface area (Å²) in [6.07, 6.45) is 6.79. The summed E-state index contributed by atoms with van der Waals surface area (Å²) in [5.74, 6) is 0. The maximum absolute atomic E-state index is 10.5. The second-order valence-corrected chi connectivity index (χ2v) is 3.09. The molecule has 0 aliphatic heterocycles. The fourth-order valence-electron chi connectivity index (χ4n) is 0.411. The molecule has 1 aromatic heterocycles. The van der Waals surface area contributed by atoms with Crippen molar-refractivity contribution >= 4 is 10.0 Å². The zero-order valence-corrected chi connectivity index (χ0v) is 8.79. The van der Waals surface area contributed by atoms with Crippen LogP contribution in [0, 0.1) is 6.26 Å². The van der Waals surface area contributed by atoms with Gasteiger partial charge in [-0.25, -0.2) is 19.7 Å². The fourth-order valence-corrected chi connectivity index (χ4v) is 0.849. The Morgan fingerprint density at radius 2 is 2.10 bits per heavy atom. The molecule has 0 bridgehead atoms. The van der Waals surface area contributed by atoms with Crippen LogP contribution in [-0.4, -0.2) is 17.4 Å². The molecule has 1 rings (SSSR count). The summed E-state index contributed by atoms with van der Waals surface area (Å²) in [4.78, 5) is 3.53. The quantitative estimate of drug-likeness (QED) is 0.635. The molecule has 0 atom stereocenters. The van der Waals surface area contributed by atoms with Crippen molar-refractivity contribution in [3.8, 4) is 0 Å². The summed E-state index contributed by atoms with van der Waals surface area (Å²) in [5.41, 5.74) is 0. The van der Waals surface area contributed by atoms with Gasteiger partial charge in [-0.05, 0) is 0 Å². The molecule has 4 nitrogen and oxygen atoms in total. The predicted molar refractivity (Wildman–Crippen MR) is 31.9 cm³/mol. The molecular formula is C4H5N2O2SY-. The molecule has 0 aliphatic carbocycles. The molecule has 0 aliphatic rings. The normalized spacial score (nSPS) is 10.5. The van der Waals surface area contributed by atoms with Crippen LogP contribution in [0.1, 0.15) is 0 Å². The van der Waals surface area contributed by atoms with E-state index in [1.807, 2.05) is 0 Å². The Morgan fingerprint density at radius 1 is 1.50 bits per heavy atom. The van der Waals surface area contributed by atoms with E-state index in [0.717, 1.165) is 3.97 Å². The Hall–Kier alpha value is 0.264. The number of imidazole rings is 1. The summed E-state index contributed by atoms with van der Waals surface area (Å²) < 4.78 is 21.9. The number of aromatic nitrogens is 2. The molecule has 0 spiro atoms. The van der Waals surface area contributed by atoms with Gasteiger partial charge in [-0.2, -0.15) is 0 Å². The average molecular weight is 234 g/mol. The summed E-state index contributed by atoms with van der Waals surface area (Å²) in [6.45, 7) is 0. The molecule has 1 aromatic rings. The third-order valence-corrected chi connectivity index (χ3v) is 1.66. The first-order chi connectivity index (χ1) is 4.11. The molecule has 0 N–H and O–H groups in total. The summed E-state index contributed by atoms with van der Waals surface area (Å²) in [6, 6.07) is 0. The predicted octanol–water partition coefficient (Wildman–Crippen LogP) is -0.150. The summed E-state index contributed by atoms with van der Waals surface area (Å²) >= 11 is 0. The van der Waals surface area contributed by atoms with Gasteiger partial charge in [-0.3, -0.25) is 3.97 Å². The van der Waals surface area contributed by atoms with Gasteiger partial charge in [0.15, 0.2) is 0 Å². The Kier molecular flexibility index (Phi) is 3.69. The number of hydrogen-bond acceptors (Lipinski definition) is 3. The first kappa shape index (κ1) is 10.3. The standard InChI is InChI=1S/C4H5N2O2S.Y/c1-9(7,8)6-3-2-5-4-6;/h2-4H,1H2;/q-1;. The zero-order chi connectivity index (χ0) is 6.91. The molecule has 0 unspecified atom stereocenters. The van der Waals surface area contributed by atoms with E-state index in [0.29, 0.717) is 0 Å². The van der Waals surface area contributed by atoms with E-state index in [9.17, 15) is 8.42 Å².